The number of aryl methyl sites for hydroxylation is 1. The summed E-state index contributed by atoms with van der Waals surface area (Å²) < 4.78 is 0. The summed E-state index contributed by atoms with van der Waals surface area (Å²) in [6.45, 7) is 1.85. The van der Waals surface area contributed by atoms with Gasteiger partial charge >= 0.3 is 5.97 Å². The Morgan fingerprint density at radius 1 is 1.53 bits per heavy atom. The van der Waals surface area contributed by atoms with Gasteiger partial charge in [-0.05, 0) is 31.9 Å². The lowest BCUT2D eigenvalue weighted by Crippen LogP contribution is -2.38. The Morgan fingerprint density at radius 2 is 2.21 bits per heavy atom. The Balaban J connectivity index is 2.29. The Kier molecular flexibility index (Phi) is 3.70. The number of nitrogens with zero attached hydrogens (tertiary/aromatic N) is 2. The van der Waals surface area contributed by atoms with Gasteiger partial charge in [0.25, 0.3) is 0 Å². The molecule has 1 aromatic rings. The zero-order chi connectivity index (χ0) is 13.9. The van der Waals surface area contributed by atoms with Crippen molar-refractivity contribution in [2.75, 3.05) is 5.32 Å². The van der Waals surface area contributed by atoms with E-state index in [-0.39, 0.29) is 6.42 Å². The molecule has 2 N–H and O–H groups in total. The highest BCUT2D eigenvalue weighted by atomic mass is 16.4. The van der Waals surface area contributed by atoms with Gasteiger partial charge in [-0.25, -0.2) is 4.98 Å². The van der Waals surface area contributed by atoms with Crippen LogP contribution < -0.4 is 5.32 Å². The van der Waals surface area contributed by atoms with Gasteiger partial charge in [0.2, 0.25) is 0 Å². The van der Waals surface area contributed by atoms with Crippen LogP contribution in [0.2, 0.25) is 0 Å². The van der Waals surface area contributed by atoms with Crippen LogP contribution in [0.1, 0.15) is 43.4 Å². The molecule has 1 aliphatic carbocycles. The summed E-state index contributed by atoms with van der Waals surface area (Å²) in [5, 5.41) is 21.4. The molecule has 1 saturated carbocycles. The first-order valence-electron chi connectivity index (χ1n) is 6.42. The lowest BCUT2D eigenvalue weighted by Gasteiger charge is -2.29. The third-order valence-electron chi connectivity index (χ3n) is 3.59. The lowest BCUT2D eigenvalue weighted by molar-refractivity contribution is -0.138. The zero-order valence-corrected chi connectivity index (χ0v) is 10.9. The van der Waals surface area contributed by atoms with Crippen LogP contribution in [0.5, 0.6) is 0 Å². The minimum atomic E-state index is -0.819. The normalized spacial score (nSPS) is 16.8. The van der Waals surface area contributed by atoms with Crippen molar-refractivity contribution in [1.29, 1.82) is 5.26 Å². The largest absolute Gasteiger partial charge is 0.481 e. The fraction of sp³-hybridized carbons (Fsp3) is 0.500. The van der Waals surface area contributed by atoms with E-state index in [0.29, 0.717) is 11.4 Å². The van der Waals surface area contributed by atoms with E-state index in [1.807, 2.05) is 6.92 Å². The van der Waals surface area contributed by atoms with Gasteiger partial charge in [0.15, 0.2) is 0 Å². The predicted molar refractivity (Wildman–Crippen MR) is 70.8 cm³/mol. The van der Waals surface area contributed by atoms with Crippen LogP contribution in [0.25, 0.3) is 0 Å². The number of aromatic nitrogens is 1. The van der Waals surface area contributed by atoms with Gasteiger partial charge in [-0.3, -0.25) is 4.79 Å². The Hall–Kier alpha value is -2.09. The number of carboxylic acid groups (broad SMARTS) is 1. The number of anilines is 1. The summed E-state index contributed by atoms with van der Waals surface area (Å²) in [5.41, 5.74) is 0.810. The van der Waals surface area contributed by atoms with Gasteiger partial charge in [-0.2, -0.15) is 5.26 Å². The number of hydrogen-bond acceptors (Lipinski definition) is 4. The van der Waals surface area contributed by atoms with E-state index < -0.39 is 11.5 Å². The molecule has 0 aliphatic heterocycles. The van der Waals surface area contributed by atoms with Gasteiger partial charge < -0.3 is 10.4 Å². The highest BCUT2D eigenvalue weighted by Gasteiger charge is 2.36. The van der Waals surface area contributed by atoms with Crippen LogP contribution in [-0.2, 0) is 4.79 Å². The van der Waals surface area contributed by atoms with E-state index in [2.05, 4.69) is 16.4 Å². The predicted octanol–water partition coefficient (Wildman–Crippen LogP) is 2.46. The van der Waals surface area contributed by atoms with Crippen LogP contribution in [-0.4, -0.2) is 21.6 Å². The van der Waals surface area contributed by atoms with Gasteiger partial charge in [0.1, 0.15) is 11.9 Å². The number of hydrogen-bond donors (Lipinski definition) is 2. The first-order chi connectivity index (χ1) is 9.04. The second kappa shape index (κ2) is 5.27. The van der Waals surface area contributed by atoms with Crippen LogP contribution >= 0.6 is 0 Å². The number of carbonyl (C=O) groups is 1. The van der Waals surface area contributed by atoms with E-state index in [4.69, 9.17) is 10.4 Å². The molecule has 0 atom stereocenters. The Labute approximate surface area is 112 Å². The van der Waals surface area contributed by atoms with Gasteiger partial charge in [-0.15, -0.1) is 0 Å². The van der Waals surface area contributed by atoms with E-state index in [1.165, 1.54) is 0 Å². The molecule has 0 spiro atoms. The summed E-state index contributed by atoms with van der Waals surface area (Å²) in [6.07, 6.45) is 3.69. The second-order valence-corrected chi connectivity index (χ2v) is 5.14. The maximum absolute atomic E-state index is 11.0. The van der Waals surface area contributed by atoms with E-state index in [0.717, 1.165) is 31.4 Å². The summed E-state index contributed by atoms with van der Waals surface area (Å²) in [6, 6.07) is 5.59. The molecule has 1 fully saturated rings. The van der Waals surface area contributed by atoms with Crippen LogP contribution in [0.4, 0.5) is 5.82 Å². The number of carboxylic acids is 1. The van der Waals surface area contributed by atoms with Crippen LogP contribution in [0.15, 0.2) is 12.1 Å². The highest BCUT2D eigenvalue weighted by Crippen LogP contribution is 2.36. The Morgan fingerprint density at radius 3 is 2.79 bits per heavy atom. The number of rotatable bonds is 4. The van der Waals surface area contributed by atoms with E-state index in [9.17, 15) is 4.79 Å². The van der Waals surface area contributed by atoms with Crippen molar-refractivity contribution in [2.45, 2.75) is 44.6 Å². The van der Waals surface area contributed by atoms with Gasteiger partial charge in [0.05, 0.1) is 12.0 Å². The molecule has 0 amide bonds. The monoisotopic (exact) mass is 259 g/mol. The fourth-order valence-corrected chi connectivity index (χ4v) is 2.68. The zero-order valence-electron chi connectivity index (χ0n) is 10.9. The molecule has 0 bridgehead atoms. The minimum absolute atomic E-state index is 0.0630. The molecular formula is C14H17N3O2. The van der Waals surface area contributed by atoms with Crippen LogP contribution in [0.3, 0.4) is 0 Å². The smallest absolute Gasteiger partial charge is 0.305 e. The summed E-state index contributed by atoms with van der Waals surface area (Å²) >= 11 is 0. The molecule has 100 valence electrons. The van der Waals surface area contributed by atoms with Crippen molar-refractivity contribution in [3.8, 4) is 6.07 Å². The first-order valence-corrected chi connectivity index (χ1v) is 6.42. The number of nitrogens with one attached hydrogen (secondary N) is 1. The van der Waals surface area contributed by atoms with Crippen molar-refractivity contribution in [3.05, 3.63) is 23.4 Å². The number of pyridine rings is 1. The second-order valence-electron chi connectivity index (χ2n) is 5.14. The molecule has 0 unspecified atom stereocenters. The van der Waals surface area contributed by atoms with Crippen molar-refractivity contribution in [1.82, 2.24) is 4.98 Å². The molecule has 19 heavy (non-hydrogen) atoms. The van der Waals surface area contributed by atoms with E-state index in [1.54, 1.807) is 12.1 Å². The number of aliphatic carboxylic acids is 1. The molecule has 1 aliphatic rings. The first kappa shape index (κ1) is 13.3. The molecular weight excluding hydrogens is 242 g/mol. The summed E-state index contributed by atoms with van der Waals surface area (Å²) in [4.78, 5) is 15.4. The molecule has 0 aromatic carbocycles. The van der Waals surface area contributed by atoms with Crippen LogP contribution in [0, 0.1) is 18.3 Å². The maximum atomic E-state index is 11.0. The molecule has 0 saturated heterocycles. The highest BCUT2D eigenvalue weighted by molar-refractivity contribution is 5.70. The van der Waals surface area contributed by atoms with Crippen molar-refractivity contribution >= 4 is 11.8 Å². The molecule has 5 nitrogen and oxygen atoms in total. The van der Waals surface area contributed by atoms with E-state index >= 15 is 0 Å². The third kappa shape index (κ3) is 3.02. The fourth-order valence-electron chi connectivity index (χ4n) is 2.68. The molecule has 1 heterocycles. The summed E-state index contributed by atoms with van der Waals surface area (Å²) in [5.74, 6) is -0.314. The molecule has 2 rings (SSSR count). The average molecular weight is 259 g/mol. The minimum Gasteiger partial charge on any atom is -0.481 e. The SMILES string of the molecule is Cc1ccc(C#N)c(NC2(CC(=O)O)CCCC2)n1. The average Bonchev–Trinajstić information content (AvgIpc) is 2.76. The lowest BCUT2D eigenvalue weighted by atomic mass is 9.93. The quantitative estimate of drug-likeness (QED) is 0.867. The van der Waals surface area contributed by atoms with Crippen molar-refractivity contribution < 1.29 is 9.90 Å². The summed E-state index contributed by atoms with van der Waals surface area (Å²) in [7, 11) is 0. The van der Waals surface area contributed by atoms with Crippen molar-refractivity contribution in [2.24, 2.45) is 0 Å². The number of nitriles is 1. The van der Waals surface area contributed by atoms with Gasteiger partial charge in [0, 0.05) is 11.2 Å². The molecule has 5 heteroatoms. The molecule has 1 aromatic heterocycles. The standard InChI is InChI=1S/C14H17N3O2/c1-10-4-5-11(9-15)13(16-10)17-14(8-12(18)19)6-2-3-7-14/h4-5H,2-3,6-8H2,1H3,(H,16,17)(H,18,19). The topological polar surface area (TPSA) is 86.0 Å². The molecule has 0 radical (unpaired) electrons. The van der Waals surface area contributed by atoms with Crippen molar-refractivity contribution in [3.63, 3.8) is 0 Å². The Bertz CT molecular complexity index is 528. The third-order valence-corrected chi connectivity index (χ3v) is 3.59. The maximum Gasteiger partial charge on any atom is 0.305 e. The van der Waals surface area contributed by atoms with Gasteiger partial charge in [-0.1, -0.05) is 12.8 Å².